The number of nitrogens with zero attached hydrogens (tertiary/aromatic N) is 5. The van der Waals surface area contributed by atoms with Crippen molar-refractivity contribution in [1.29, 1.82) is 0 Å². The molecule has 2 heterocycles. The zero-order valence-corrected chi connectivity index (χ0v) is 27.6. The molecule has 2 aliphatic rings. The normalized spacial score (nSPS) is 18.0. The minimum Gasteiger partial charge on any atom is -0.443 e. The second-order valence-corrected chi connectivity index (χ2v) is 14.4. The Morgan fingerprint density at radius 1 is 0.870 bits per heavy atom. The van der Waals surface area contributed by atoms with E-state index >= 15 is 0 Å². The highest BCUT2D eigenvalue weighted by atomic mass is 16.6. The number of amides is 2. The fourth-order valence-corrected chi connectivity index (χ4v) is 5.79. The lowest BCUT2D eigenvalue weighted by atomic mass is 9.80. The van der Waals surface area contributed by atoms with E-state index in [4.69, 9.17) is 24.5 Å². The predicted octanol–water partition coefficient (Wildman–Crippen LogP) is 8.60. The van der Waals surface area contributed by atoms with E-state index in [1.54, 1.807) is 41.5 Å². The van der Waals surface area contributed by atoms with E-state index in [0.29, 0.717) is 5.92 Å². The van der Waals surface area contributed by atoms with Gasteiger partial charge in [-0.05, 0) is 79.2 Å². The molecule has 6 rings (SSSR count). The van der Waals surface area contributed by atoms with Crippen LogP contribution in [0.15, 0.2) is 77.9 Å². The molecular weight excluding hydrogens is 578 g/mol. The van der Waals surface area contributed by atoms with Gasteiger partial charge in [0, 0.05) is 29.0 Å². The van der Waals surface area contributed by atoms with Crippen molar-refractivity contribution in [2.75, 3.05) is 6.54 Å². The Kier molecular flexibility index (Phi) is 8.44. The van der Waals surface area contributed by atoms with Crippen molar-refractivity contribution in [3.05, 3.63) is 89.7 Å². The number of rotatable bonds is 7. The SMILES string of the molecule is CC(C)(C)OC(=O)N(C[C@H]1C[C@H](n2nc(C3CC3)c3cc(N=C(c4ccccc4)c4ccccc4)cnc32)C1)C(=O)OC(C)(C)C. The summed E-state index contributed by atoms with van der Waals surface area (Å²) in [7, 11) is 0. The van der Waals surface area contributed by atoms with Crippen molar-refractivity contribution >= 4 is 34.6 Å². The Bertz CT molecular complexity index is 1670. The van der Waals surface area contributed by atoms with Crippen molar-refractivity contribution in [2.45, 2.75) is 90.4 Å². The summed E-state index contributed by atoms with van der Waals surface area (Å²) in [6.45, 7) is 10.9. The fourth-order valence-electron chi connectivity index (χ4n) is 5.79. The number of hydrogen-bond donors (Lipinski definition) is 0. The molecule has 0 aliphatic heterocycles. The molecular formula is C37H43N5O4. The molecule has 2 fully saturated rings. The van der Waals surface area contributed by atoms with Crippen molar-refractivity contribution in [3.63, 3.8) is 0 Å². The topological polar surface area (TPSA) is 98.9 Å². The zero-order valence-electron chi connectivity index (χ0n) is 27.6. The molecule has 4 aromatic rings. The highest BCUT2D eigenvalue weighted by molar-refractivity contribution is 6.14. The Morgan fingerprint density at radius 2 is 1.41 bits per heavy atom. The second-order valence-electron chi connectivity index (χ2n) is 14.4. The third-order valence-corrected chi connectivity index (χ3v) is 8.09. The molecule has 2 aliphatic carbocycles. The highest BCUT2D eigenvalue weighted by Gasteiger charge is 2.40. The van der Waals surface area contributed by atoms with E-state index in [1.807, 2.05) is 47.3 Å². The van der Waals surface area contributed by atoms with Gasteiger partial charge < -0.3 is 9.47 Å². The maximum Gasteiger partial charge on any atom is 0.419 e. The first-order chi connectivity index (χ1) is 21.8. The van der Waals surface area contributed by atoms with Gasteiger partial charge in [0.05, 0.1) is 29.3 Å². The predicted molar refractivity (Wildman–Crippen MR) is 179 cm³/mol. The van der Waals surface area contributed by atoms with Gasteiger partial charge in [-0.1, -0.05) is 60.7 Å². The third-order valence-electron chi connectivity index (χ3n) is 8.09. The van der Waals surface area contributed by atoms with Gasteiger partial charge in [0.2, 0.25) is 0 Å². The molecule has 0 unspecified atom stereocenters. The molecule has 0 bridgehead atoms. The number of imide groups is 1. The van der Waals surface area contributed by atoms with Crippen LogP contribution < -0.4 is 0 Å². The number of hydrogen-bond acceptors (Lipinski definition) is 7. The molecule has 2 amide bonds. The summed E-state index contributed by atoms with van der Waals surface area (Å²) in [6.07, 6.45) is 4.20. The van der Waals surface area contributed by atoms with Crippen LogP contribution in [0.1, 0.15) is 96.0 Å². The lowest BCUT2D eigenvalue weighted by Gasteiger charge is -2.38. The zero-order chi connectivity index (χ0) is 32.6. The number of aromatic nitrogens is 3. The highest BCUT2D eigenvalue weighted by Crippen LogP contribution is 2.46. The summed E-state index contributed by atoms with van der Waals surface area (Å²) >= 11 is 0. The van der Waals surface area contributed by atoms with Crippen LogP contribution in [0.2, 0.25) is 0 Å². The van der Waals surface area contributed by atoms with Crippen LogP contribution in [-0.2, 0) is 9.47 Å². The smallest absolute Gasteiger partial charge is 0.419 e. The summed E-state index contributed by atoms with van der Waals surface area (Å²) in [5.74, 6) is 0.523. The quantitative estimate of drug-likeness (QED) is 0.192. The van der Waals surface area contributed by atoms with Crippen LogP contribution in [0.5, 0.6) is 0 Å². The molecule has 240 valence electrons. The second kappa shape index (κ2) is 12.3. The van der Waals surface area contributed by atoms with Gasteiger partial charge in [-0.25, -0.2) is 29.1 Å². The third kappa shape index (κ3) is 7.30. The van der Waals surface area contributed by atoms with Crippen molar-refractivity contribution < 1.29 is 19.1 Å². The van der Waals surface area contributed by atoms with E-state index in [-0.39, 0.29) is 18.5 Å². The minimum atomic E-state index is -0.732. The molecule has 9 nitrogen and oxygen atoms in total. The first-order valence-electron chi connectivity index (χ1n) is 16.2. The van der Waals surface area contributed by atoms with Gasteiger partial charge in [-0.2, -0.15) is 5.10 Å². The van der Waals surface area contributed by atoms with E-state index < -0.39 is 23.4 Å². The number of ether oxygens (including phenoxy) is 2. The van der Waals surface area contributed by atoms with Crippen molar-refractivity contribution in [1.82, 2.24) is 19.7 Å². The van der Waals surface area contributed by atoms with Crippen LogP contribution in [0.3, 0.4) is 0 Å². The van der Waals surface area contributed by atoms with E-state index in [1.165, 1.54) is 0 Å². The number of carbonyl (C=O) groups is 2. The van der Waals surface area contributed by atoms with E-state index in [9.17, 15) is 9.59 Å². The van der Waals surface area contributed by atoms with Crippen LogP contribution in [-0.4, -0.2) is 55.3 Å². The summed E-state index contributed by atoms with van der Waals surface area (Å²) < 4.78 is 13.2. The number of pyridine rings is 1. The van der Waals surface area contributed by atoms with Crippen molar-refractivity contribution in [2.24, 2.45) is 10.9 Å². The molecule has 2 aromatic heterocycles. The average Bonchev–Trinajstić information content (AvgIpc) is 3.75. The largest absolute Gasteiger partial charge is 0.443 e. The maximum absolute atomic E-state index is 13.0. The standard InChI is InChI=1S/C37H43N5O4/c1-36(2,3)45-34(43)41(35(44)46-37(4,5)6)23-24-19-29(20-24)42-33-30(32(40-42)27-17-18-27)21-28(22-38-33)39-31(25-13-9-7-10-14-25)26-15-11-8-12-16-26/h7-16,21-22,24,27,29H,17-20,23H2,1-6H3/t24-,29-. The van der Waals surface area contributed by atoms with Gasteiger partial charge in [0.25, 0.3) is 0 Å². The Morgan fingerprint density at radius 3 is 1.91 bits per heavy atom. The molecule has 0 N–H and O–H groups in total. The number of fused-ring (bicyclic) bond motifs is 1. The minimum absolute atomic E-state index is 0.0943. The van der Waals surface area contributed by atoms with Gasteiger partial charge in [-0.3, -0.25) is 0 Å². The van der Waals surface area contributed by atoms with Gasteiger partial charge in [0.1, 0.15) is 11.2 Å². The van der Waals surface area contributed by atoms with E-state index in [2.05, 4.69) is 30.3 Å². The first-order valence-corrected chi connectivity index (χ1v) is 16.2. The average molecular weight is 622 g/mol. The van der Waals surface area contributed by atoms with Crippen LogP contribution in [0.4, 0.5) is 15.3 Å². The Hall–Kier alpha value is -4.53. The van der Waals surface area contributed by atoms with Gasteiger partial charge >= 0.3 is 12.2 Å². The maximum atomic E-state index is 13.0. The molecule has 0 atom stereocenters. The van der Waals surface area contributed by atoms with Gasteiger partial charge in [0.15, 0.2) is 5.65 Å². The Balaban J connectivity index is 1.25. The summed E-state index contributed by atoms with van der Waals surface area (Å²) in [5.41, 5.74) is 4.22. The molecule has 46 heavy (non-hydrogen) atoms. The lowest BCUT2D eigenvalue weighted by molar-refractivity contribution is -0.00633. The summed E-state index contributed by atoms with van der Waals surface area (Å²) in [6, 6.07) is 22.6. The molecule has 2 saturated carbocycles. The molecule has 0 spiro atoms. The summed E-state index contributed by atoms with van der Waals surface area (Å²) in [4.78, 5) is 37.2. The lowest BCUT2D eigenvalue weighted by Crippen LogP contribution is -2.47. The van der Waals surface area contributed by atoms with Crippen LogP contribution in [0.25, 0.3) is 11.0 Å². The van der Waals surface area contributed by atoms with Crippen LogP contribution in [0, 0.1) is 5.92 Å². The molecule has 0 saturated heterocycles. The first kappa shape index (κ1) is 31.5. The van der Waals surface area contributed by atoms with Crippen molar-refractivity contribution in [3.8, 4) is 0 Å². The van der Waals surface area contributed by atoms with Gasteiger partial charge in [-0.15, -0.1) is 0 Å². The molecule has 0 radical (unpaired) electrons. The van der Waals surface area contributed by atoms with Crippen LogP contribution >= 0.6 is 0 Å². The number of aliphatic imine (C=N–C) groups is 1. The monoisotopic (exact) mass is 621 g/mol. The fraction of sp³-hybridized carbons (Fsp3) is 0.432. The molecule has 2 aromatic carbocycles. The molecule has 9 heteroatoms. The Labute approximate surface area is 270 Å². The van der Waals surface area contributed by atoms with E-state index in [0.717, 1.165) is 69.8 Å². The summed E-state index contributed by atoms with van der Waals surface area (Å²) in [5, 5.41) is 6.14. The number of benzene rings is 2. The number of carbonyl (C=O) groups excluding carboxylic acids is 2.